The number of nitrogens with one attached hydrogen (secondary N) is 3. The summed E-state index contributed by atoms with van der Waals surface area (Å²) in [6.45, 7) is 4.44. The first-order chi connectivity index (χ1) is 15.5. The molecule has 4 heterocycles. The van der Waals surface area contributed by atoms with Gasteiger partial charge in [0.1, 0.15) is 11.7 Å². The molecule has 9 heteroatoms. The Hall–Kier alpha value is -2.39. The molecule has 0 aromatic carbocycles. The van der Waals surface area contributed by atoms with Crippen molar-refractivity contribution in [3.8, 4) is 0 Å². The average molecular weight is 447 g/mol. The van der Waals surface area contributed by atoms with Crippen molar-refractivity contribution < 1.29 is 24.2 Å². The van der Waals surface area contributed by atoms with Gasteiger partial charge < -0.3 is 30.5 Å². The van der Waals surface area contributed by atoms with Crippen LogP contribution in [0.1, 0.15) is 57.2 Å². The molecule has 0 spiro atoms. The van der Waals surface area contributed by atoms with E-state index in [1.165, 1.54) is 0 Å². The molecule has 0 bridgehead atoms. The van der Waals surface area contributed by atoms with Crippen molar-refractivity contribution in [1.29, 1.82) is 0 Å². The van der Waals surface area contributed by atoms with Crippen molar-refractivity contribution in [1.82, 2.24) is 20.9 Å². The number of carboxylic acid groups (broad SMARTS) is 1. The first kappa shape index (κ1) is 22.8. The van der Waals surface area contributed by atoms with E-state index in [1.54, 1.807) is 0 Å². The van der Waals surface area contributed by atoms with E-state index < -0.39 is 11.8 Å². The van der Waals surface area contributed by atoms with E-state index in [0.29, 0.717) is 19.3 Å². The van der Waals surface area contributed by atoms with Crippen LogP contribution in [0.3, 0.4) is 0 Å². The largest absolute Gasteiger partial charge is 0.506 e. The third-order valence-electron chi connectivity index (χ3n) is 7.31. The number of amides is 1. The number of rotatable bonds is 7. The normalized spacial score (nSPS) is 30.7. The predicted molar refractivity (Wildman–Crippen MR) is 117 cm³/mol. The Labute approximate surface area is 188 Å². The molecule has 0 saturated carbocycles. The van der Waals surface area contributed by atoms with Crippen LogP contribution in [-0.2, 0) is 9.47 Å². The highest BCUT2D eigenvalue weighted by Gasteiger charge is 2.45. The van der Waals surface area contributed by atoms with Gasteiger partial charge in [-0.3, -0.25) is 4.98 Å². The van der Waals surface area contributed by atoms with E-state index in [1.807, 2.05) is 24.4 Å². The van der Waals surface area contributed by atoms with E-state index in [-0.39, 0.29) is 36.1 Å². The molecular formula is C23H34N4O5. The van der Waals surface area contributed by atoms with Gasteiger partial charge >= 0.3 is 12.2 Å². The summed E-state index contributed by atoms with van der Waals surface area (Å²) < 4.78 is 11.1. The smallest absolute Gasteiger partial charge is 0.450 e. The third-order valence-corrected chi connectivity index (χ3v) is 7.31. The lowest BCUT2D eigenvalue weighted by molar-refractivity contribution is -0.0486. The second-order valence-corrected chi connectivity index (χ2v) is 9.40. The molecule has 5 atom stereocenters. The molecule has 1 aromatic heterocycles. The Morgan fingerprint density at radius 3 is 2.88 bits per heavy atom. The lowest BCUT2D eigenvalue weighted by Crippen LogP contribution is -2.48. The van der Waals surface area contributed by atoms with Crippen molar-refractivity contribution in [3.63, 3.8) is 0 Å². The van der Waals surface area contributed by atoms with Crippen molar-refractivity contribution in [2.24, 2.45) is 11.8 Å². The summed E-state index contributed by atoms with van der Waals surface area (Å²) >= 11 is 0. The van der Waals surface area contributed by atoms with Crippen LogP contribution in [0.25, 0.3) is 0 Å². The van der Waals surface area contributed by atoms with E-state index in [4.69, 9.17) is 9.47 Å². The molecule has 3 aliphatic rings. The second-order valence-electron chi connectivity index (χ2n) is 9.40. The first-order valence-electron chi connectivity index (χ1n) is 11.7. The van der Waals surface area contributed by atoms with Gasteiger partial charge in [-0.15, -0.1) is 0 Å². The molecule has 3 fully saturated rings. The Bertz CT molecular complexity index is 786. The molecule has 1 aromatic rings. The van der Waals surface area contributed by atoms with Gasteiger partial charge in [0.05, 0.1) is 11.7 Å². The zero-order chi connectivity index (χ0) is 22.6. The van der Waals surface area contributed by atoms with Crippen LogP contribution in [0, 0.1) is 11.8 Å². The van der Waals surface area contributed by atoms with Gasteiger partial charge in [0.15, 0.2) is 0 Å². The first-order valence-corrected chi connectivity index (χ1v) is 11.7. The van der Waals surface area contributed by atoms with Gasteiger partial charge in [0, 0.05) is 12.2 Å². The average Bonchev–Trinajstić information content (AvgIpc) is 3.20. The zero-order valence-corrected chi connectivity index (χ0v) is 18.6. The quantitative estimate of drug-likeness (QED) is 0.472. The van der Waals surface area contributed by atoms with Crippen molar-refractivity contribution in [2.45, 2.75) is 69.2 Å². The van der Waals surface area contributed by atoms with Gasteiger partial charge in [0.2, 0.25) is 0 Å². The molecule has 1 amide bonds. The summed E-state index contributed by atoms with van der Waals surface area (Å²) in [4.78, 5) is 28.0. The molecule has 176 valence electrons. The van der Waals surface area contributed by atoms with Crippen LogP contribution < -0.4 is 16.0 Å². The maximum absolute atomic E-state index is 12.2. The highest BCUT2D eigenvalue weighted by atomic mass is 16.7. The molecule has 5 unspecified atom stereocenters. The molecule has 3 aliphatic heterocycles. The third kappa shape index (κ3) is 5.32. The Kier molecular flexibility index (Phi) is 7.15. The fourth-order valence-electron chi connectivity index (χ4n) is 5.51. The van der Waals surface area contributed by atoms with Crippen LogP contribution in [0.5, 0.6) is 0 Å². The molecule has 0 radical (unpaired) electrons. The number of hydrogen-bond donors (Lipinski definition) is 4. The molecular weight excluding hydrogens is 412 g/mol. The predicted octanol–water partition coefficient (Wildman–Crippen LogP) is 2.83. The number of ether oxygens (including phenoxy) is 2. The van der Waals surface area contributed by atoms with Gasteiger partial charge in [-0.2, -0.15) is 0 Å². The van der Waals surface area contributed by atoms with Crippen LogP contribution in [0.4, 0.5) is 9.59 Å². The summed E-state index contributed by atoms with van der Waals surface area (Å²) in [7, 11) is 0. The van der Waals surface area contributed by atoms with Gasteiger partial charge in [-0.25, -0.2) is 9.59 Å². The summed E-state index contributed by atoms with van der Waals surface area (Å²) in [5.41, 5.74) is 0.362. The summed E-state index contributed by atoms with van der Waals surface area (Å²) in [6.07, 6.45) is 4.52. The van der Waals surface area contributed by atoms with Crippen LogP contribution in [-0.4, -0.2) is 59.7 Å². The fourth-order valence-corrected chi connectivity index (χ4v) is 5.51. The number of aromatic nitrogens is 1. The summed E-state index contributed by atoms with van der Waals surface area (Å²) in [5, 5.41) is 19.1. The number of piperidine rings is 2. The Morgan fingerprint density at radius 2 is 2.16 bits per heavy atom. The molecule has 4 rings (SSSR count). The SMILES string of the molecule is CC(CCC1(OC(=O)O)CCNCC1)C1OC(=O)NC1C1CCNC(c2ccccn2)C1. The lowest BCUT2D eigenvalue weighted by atomic mass is 9.78. The highest BCUT2D eigenvalue weighted by Crippen LogP contribution is 2.37. The van der Waals surface area contributed by atoms with Crippen molar-refractivity contribution in [2.75, 3.05) is 19.6 Å². The van der Waals surface area contributed by atoms with Crippen LogP contribution in [0.2, 0.25) is 0 Å². The molecule has 4 N–H and O–H groups in total. The minimum absolute atomic E-state index is 0.0600. The van der Waals surface area contributed by atoms with Crippen LogP contribution >= 0.6 is 0 Å². The Morgan fingerprint density at radius 1 is 1.34 bits per heavy atom. The number of carbonyl (C=O) groups excluding carboxylic acids is 1. The number of hydrogen-bond acceptors (Lipinski definition) is 7. The van der Waals surface area contributed by atoms with Crippen molar-refractivity contribution in [3.05, 3.63) is 30.1 Å². The lowest BCUT2D eigenvalue weighted by Gasteiger charge is -2.38. The Balaban J connectivity index is 1.40. The van der Waals surface area contributed by atoms with Crippen LogP contribution in [0.15, 0.2) is 24.4 Å². The van der Waals surface area contributed by atoms with E-state index in [9.17, 15) is 14.7 Å². The van der Waals surface area contributed by atoms with Gasteiger partial charge in [-0.1, -0.05) is 13.0 Å². The number of alkyl carbamates (subject to hydrolysis) is 1. The number of carbonyl (C=O) groups is 2. The fraction of sp³-hybridized carbons (Fsp3) is 0.696. The standard InChI is InChI=1S/C23H34N4O5/c1-15(5-7-23(32-22(29)30)8-12-24-13-9-23)20-19(27-21(28)31-20)16-6-11-26-18(14-16)17-4-2-3-10-25-17/h2-4,10,15-16,18-20,24,26H,5-9,11-14H2,1H3,(H,27,28)(H,29,30). The number of pyridine rings is 1. The monoisotopic (exact) mass is 446 g/mol. The number of nitrogens with zero attached hydrogens (tertiary/aromatic N) is 1. The molecule has 0 aliphatic carbocycles. The van der Waals surface area contributed by atoms with Gasteiger partial charge in [0.25, 0.3) is 0 Å². The van der Waals surface area contributed by atoms with E-state index >= 15 is 0 Å². The topological polar surface area (TPSA) is 122 Å². The minimum Gasteiger partial charge on any atom is -0.450 e. The molecule has 3 saturated heterocycles. The van der Waals surface area contributed by atoms with Gasteiger partial charge in [-0.05, 0) is 82.1 Å². The summed E-state index contributed by atoms with van der Waals surface area (Å²) in [5.74, 6) is 0.372. The second kappa shape index (κ2) is 10.0. The number of cyclic esters (lactones) is 1. The summed E-state index contributed by atoms with van der Waals surface area (Å²) in [6, 6.07) is 6.04. The van der Waals surface area contributed by atoms with E-state index in [2.05, 4.69) is 27.9 Å². The molecule has 9 nitrogen and oxygen atoms in total. The van der Waals surface area contributed by atoms with Crippen molar-refractivity contribution >= 4 is 12.2 Å². The molecule has 32 heavy (non-hydrogen) atoms. The maximum Gasteiger partial charge on any atom is 0.506 e. The highest BCUT2D eigenvalue weighted by molar-refractivity contribution is 5.70. The maximum atomic E-state index is 12.2. The minimum atomic E-state index is -1.22. The van der Waals surface area contributed by atoms with E-state index in [0.717, 1.165) is 44.6 Å². The zero-order valence-electron chi connectivity index (χ0n) is 18.6.